The topological polar surface area (TPSA) is 67.3 Å². The first-order valence-electron chi connectivity index (χ1n) is 14.8. The molecule has 1 aromatic heterocycles. The van der Waals surface area contributed by atoms with Crippen molar-refractivity contribution in [1.29, 1.82) is 0 Å². The summed E-state index contributed by atoms with van der Waals surface area (Å²) in [7, 11) is 0. The van der Waals surface area contributed by atoms with Gasteiger partial charge in [-0.05, 0) is 97.2 Å². The highest BCUT2D eigenvalue weighted by Gasteiger charge is 2.35. The van der Waals surface area contributed by atoms with Gasteiger partial charge in [0.25, 0.3) is 0 Å². The van der Waals surface area contributed by atoms with E-state index in [1.807, 2.05) is 18.3 Å². The van der Waals surface area contributed by atoms with Crippen LogP contribution in [-0.4, -0.2) is 55.0 Å². The van der Waals surface area contributed by atoms with Crippen LogP contribution in [0.2, 0.25) is 0 Å². The third-order valence-electron chi connectivity index (χ3n) is 8.59. The average molecular weight is 575 g/mol. The fourth-order valence-electron chi connectivity index (χ4n) is 6.10. The number of benzene rings is 2. The molecule has 0 bridgehead atoms. The van der Waals surface area contributed by atoms with Crippen LogP contribution in [0.3, 0.4) is 0 Å². The Morgan fingerprint density at radius 1 is 1.00 bits per heavy atom. The Kier molecular flexibility index (Phi) is 8.46. The monoisotopic (exact) mass is 574 g/mol. The summed E-state index contributed by atoms with van der Waals surface area (Å²) in [5.74, 6) is 0.634. The maximum absolute atomic E-state index is 13.8. The molecule has 6 rings (SSSR count). The van der Waals surface area contributed by atoms with E-state index in [0.717, 1.165) is 60.4 Å². The number of carbonyl (C=O) groups excluding carboxylic acids is 1. The lowest BCUT2D eigenvalue weighted by Gasteiger charge is -2.34. The van der Waals surface area contributed by atoms with Crippen molar-refractivity contribution in [3.05, 3.63) is 77.5 Å². The zero-order valence-electron chi connectivity index (χ0n) is 23.8. The number of piperidine rings is 1. The van der Waals surface area contributed by atoms with Crippen LogP contribution in [-0.2, 0) is 9.53 Å². The molecule has 2 saturated heterocycles. The van der Waals surface area contributed by atoms with Crippen molar-refractivity contribution in [3.63, 3.8) is 0 Å². The van der Waals surface area contributed by atoms with E-state index in [-0.39, 0.29) is 11.8 Å². The van der Waals surface area contributed by atoms with Crippen LogP contribution in [0.1, 0.15) is 49.3 Å². The van der Waals surface area contributed by atoms with Gasteiger partial charge in [-0.2, -0.15) is 5.10 Å². The summed E-state index contributed by atoms with van der Waals surface area (Å²) in [4.78, 5) is 20.3. The molecule has 1 unspecified atom stereocenters. The lowest BCUT2D eigenvalue weighted by molar-refractivity contribution is -0.138. The van der Waals surface area contributed by atoms with Crippen LogP contribution in [0.25, 0.3) is 11.1 Å². The number of anilines is 1. The van der Waals surface area contributed by atoms with Gasteiger partial charge in [0.2, 0.25) is 5.91 Å². The second kappa shape index (κ2) is 12.6. The summed E-state index contributed by atoms with van der Waals surface area (Å²) >= 11 is 0. The summed E-state index contributed by atoms with van der Waals surface area (Å²) < 4.78 is 39.3. The van der Waals surface area contributed by atoms with Crippen molar-refractivity contribution in [2.75, 3.05) is 37.8 Å². The molecule has 220 valence electrons. The highest BCUT2D eigenvalue weighted by Crippen LogP contribution is 2.34. The van der Waals surface area contributed by atoms with E-state index in [4.69, 9.17) is 9.47 Å². The fraction of sp³-hybridized carbons (Fsp3) is 0.424. The fourth-order valence-corrected chi connectivity index (χ4v) is 6.10. The molecule has 0 aliphatic carbocycles. The summed E-state index contributed by atoms with van der Waals surface area (Å²) in [5, 5.41) is 5.69. The van der Waals surface area contributed by atoms with Crippen LogP contribution >= 0.6 is 0 Å². The number of aromatic nitrogens is 1. The molecule has 3 aliphatic rings. The Morgan fingerprint density at radius 3 is 2.52 bits per heavy atom. The molecule has 3 aromatic rings. The predicted octanol–water partition coefficient (Wildman–Crippen LogP) is 6.32. The summed E-state index contributed by atoms with van der Waals surface area (Å²) in [6.45, 7) is 5.76. The lowest BCUT2D eigenvalue weighted by Crippen LogP contribution is -2.41. The summed E-state index contributed by atoms with van der Waals surface area (Å²) in [5.41, 5.74) is 3.77. The summed E-state index contributed by atoms with van der Waals surface area (Å²) in [6.07, 6.45) is 7.28. The van der Waals surface area contributed by atoms with Gasteiger partial charge in [-0.3, -0.25) is 4.79 Å². The van der Waals surface area contributed by atoms with Crippen LogP contribution < -0.4 is 9.64 Å². The smallest absolute Gasteiger partial charge is 0.246 e. The van der Waals surface area contributed by atoms with Crippen molar-refractivity contribution < 1.29 is 23.0 Å². The maximum Gasteiger partial charge on any atom is 0.246 e. The Labute approximate surface area is 245 Å². The van der Waals surface area contributed by atoms with Crippen molar-refractivity contribution in [2.45, 2.75) is 45.1 Å². The first-order valence-corrected chi connectivity index (χ1v) is 14.8. The van der Waals surface area contributed by atoms with Crippen LogP contribution in [0.15, 0.2) is 59.8 Å². The molecule has 0 spiro atoms. The van der Waals surface area contributed by atoms with Gasteiger partial charge in [0.15, 0.2) is 0 Å². The van der Waals surface area contributed by atoms with Gasteiger partial charge in [-0.1, -0.05) is 6.07 Å². The van der Waals surface area contributed by atoms with E-state index in [0.29, 0.717) is 50.4 Å². The van der Waals surface area contributed by atoms with Gasteiger partial charge in [0.05, 0.1) is 12.6 Å². The van der Waals surface area contributed by atoms with E-state index >= 15 is 0 Å². The zero-order valence-corrected chi connectivity index (χ0v) is 23.8. The average Bonchev–Trinajstić information content (AvgIpc) is 3.51. The third kappa shape index (κ3) is 6.31. The SMILES string of the molecule is Cc1ccc(OCC2CCOCC2)cc1-c1ccnc(N2CCC(C(=O)N3N=CCC3c3cc(F)cc(F)c3)CC2)c1. The van der Waals surface area contributed by atoms with Crippen molar-refractivity contribution >= 4 is 17.9 Å². The minimum absolute atomic E-state index is 0.104. The Balaban J connectivity index is 1.10. The molecule has 2 aromatic carbocycles. The molecule has 2 fully saturated rings. The largest absolute Gasteiger partial charge is 0.493 e. The zero-order chi connectivity index (χ0) is 29.1. The first-order chi connectivity index (χ1) is 20.4. The maximum atomic E-state index is 13.8. The van der Waals surface area contributed by atoms with E-state index in [2.05, 4.69) is 40.1 Å². The minimum atomic E-state index is -0.656. The summed E-state index contributed by atoms with van der Waals surface area (Å²) in [6, 6.07) is 13.3. The predicted molar refractivity (Wildman–Crippen MR) is 157 cm³/mol. The number of hydrogen-bond donors (Lipinski definition) is 0. The van der Waals surface area contributed by atoms with Gasteiger partial charge < -0.3 is 14.4 Å². The number of ether oxygens (including phenoxy) is 2. The highest BCUT2D eigenvalue weighted by molar-refractivity contribution is 5.82. The van der Waals surface area contributed by atoms with E-state index in [1.54, 1.807) is 6.21 Å². The van der Waals surface area contributed by atoms with Gasteiger partial charge in [0.1, 0.15) is 23.2 Å². The van der Waals surface area contributed by atoms with Crippen molar-refractivity contribution in [2.24, 2.45) is 16.9 Å². The molecule has 42 heavy (non-hydrogen) atoms. The molecule has 4 heterocycles. The Hall–Kier alpha value is -3.85. The first kappa shape index (κ1) is 28.3. The molecular formula is C33H36F2N4O3. The number of aryl methyl sites for hydroxylation is 1. The van der Waals surface area contributed by atoms with Crippen molar-refractivity contribution in [1.82, 2.24) is 9.99 Å². The minimum Gasteiger partial charge on any atom is -0.493 e. The van der Waals surface area contributed by atoms with Crippen LogP contribution in [0, 0.1) is 30.4 Å². The normalized spacial score (nSPS) is 19.8. The molecule has 9 heteroatoms. The Bertz CT molecular complexity index is 1430. The molecule has 0 radical (unpaired) electrons. The molecule has 1 atom stereocenters. The standard InChI is InChI=1S/C33H36F2N4O3/c1-22-2-3-29(42-21-23-8-14-41-15-9-23)20-30(22)25-4-10-36-32(18-25)38-12-6-24(7-13-38)33(40)39-31(5-11-37-39)26-16-27(34)19-28(35)17-26/h2-4,10-11,16-20,23-24,31H,5-9,12-15,21H2,1H3. The molecule has 1 amide bonds. The van der Waals surface area contributed by atoms with E-state index in [1.165, 1.54) is 17.1 Å². The second-order valence-electron chi connectivity index (χ2n) is 11.4. The van der Waals surface area contributed by atoms with Gasteiger partial charge in [-0.15, -0.1) is 0 Å². The molecule has 0 saturated carbocycles. The van der Waals surface area contributed by atoms with Gasteiger partial charge in [0, 0.05) is 57.1 Å². The Morgan fingerprint density at radius 2 is 1.76 bits per heavy atom. The van der Waals surface area contributed by atoms with E-state index < -0.39 is 17.7 Å². The number of hydrazone groups is 1. The second-order valence-corrected chi connectivity index (χ2v) is 11.4. The number of nitrogens with zero attached hydrogens (tertiary/aromatic N) is 4. The number of halogens is 2. The quantitative estimate of drug-likeness (QED) is 0.331. The van der Waals surface area contributed by atoms with E-state index in [9.17, 15) is 13.6 Å². The number of pyridine rings is 1. The van der Waals surface area contributed by atoms with Crippen LogP contribution in [0.4, 0.5) is 14.6 Å². The highest BCUT2D eigenvalue weighted by atomic mass is 19.1. The van der Waals surface area contributed by atoms with Crippen molar-refractivity contribution in [3.8, 4) is 16.9 Å². The lowest BCUT2D eigenvalue weighted by atomic mass is 9.94. The molecule has 3 aliphatic heterocycles. The molecule has 0 N–H and O–H groups in total. The number of rotatable bonds is 7. The number of amides is 1. The number of hydrogen-bond acceptors (Lipinski definition) is 6. The number of carbonyl (C=O) groups is 1. The molecule has 7 nitrogen and oxygen atoms in total. The third-order valence-corrected chi connectivity index (χ3v) is 8.59. The molecular weight excluding hydrogens is 538 g/mol. The van der Waals surface area contributed by atoms with Gasteiger partial charge >= 0.3 is 0 Å². The van der Waals surface area contributed by atoms with Gasteiger partial charge in [-0.25, -0.2) is 18.8 Å². The van der Waals surface area contributed by atoms with Crippen LogP contribution in [0.5, 0.6) is 5.75 Å².